The third-order valence-corrected chi connectivity index (χ3v) is 6.34. The van der Waals surface area contributed by atoms with Crippen LogP contribution in [0.4, 0.5) is 0 Å². The van der Waals surface area contributed by atoms with Crippen molar-refractivity contribution in [1.29, 1.82) is 0 Å². The maximum Gasteiger partial charge on any atom is 0.252 e. The number of pyridine rings is 1. The van der Waals surface area contributed by atoms with E-state index in [0.717, 1.165) is 41.1 Å². The van der Waals surface area contributed by atoms with Crippen molar-refractivity contribution >= 4 is 16.9 Å². The van der Waals surface area contributed by atoms with Gasteiger partial charge in [0, 0.05) is 12.2 Å². The first kappa shape index (κ1) is 21.4. The first-order valence-electron chi connectivity index (χ1n) is 11.5. The van der Waals surface area contributed by atoms with Gasteiger partial charge in [-0.2, -0.15) is 5.10 Å². The number of hydrogen-bond donors (Lipinski definition) is 1. The van der Waals surface area contributed by atoms with E-state index in [9.17, 15) is 4.79 Å². The summed E-state index contributed by atoms with van der Waals surface area (Å²) in [5, 5.41) is 8.46. The van der Waals surface area contributed by atoms with Gasteiger partial charge in [-0.1, -0.05) is 29.8 Å². The molecule has 1 N–H and O–H groups in total. The van der Waals surface area contributed by atoms with Crippen LogP contribution in [0.3, 0.4) is 0 Å². The van der Waals surface area contributed by atoms with Gasteiger partial charge in [-0.05, 0) is 63.5 Å². The lowest BCUT2D eigenvalue weighted by Gasteiger charge is -2.26. The third kappa shape index (κ3) is 4.54. The molecule has 1 fully saturated rings. The highest BCUT2D eigenvalue weighted by Gasteiger charge is 2.26. The number of carbonyl (C=O) groups excluding carboxylic acids is 1. The minimum atomic E-state index is -0.115. The van der Waals surface area contributed by atoms with Crippen molar-refractivity contribution < 1.29 is 9.21 Å². The fourth-order valence-corrected chi connectivity index (χ4v) is 4.57. The van der Waals surface area contributed by atoms with Crippen LogP contribution in [-0.2, 0) is 6.54 Å². The average Bonchev–Trinajstić information content (AvgIpc) is 3.58. The van der Waals surface area contributed by atoms with Crippen molar-refractivity contribution in [3.63, 3.8) is 0 Å². The summed E-state index contributed by atoms with van der Waals surface area (Å²) >= 11 is 0. The molecule has 33 heavy (non-hydrogen) atoms. The van der Waals surface area contributed by atoms with E-state index in [-0.39, 0.29) is 11.9 Å². The summed E-state index contributed by atoms with van der Waals surface area (Å²) in [7, 11) is 0. The Kier molecular flexibility index (Phi) is 5.96. The van der Waals surface area contributed by atoms with E-state index >= 15 is 0 Å². The Hall–Kier alpha value is -3.45. The molecule has 7 heteroatoms. The Labute approximate surface area is 193 Å². The minimum Gasteiger partial charge on any atom is -0.468 e. The molecule has 3 aromatic heterocycles. The predicted molar refractivity (Wildman–Crippen MR) is 127 cm³/mol. The monoisotopic (exact) mass is 443 g/mol. The molecule has 4 aromatic rings. The molecule has 0 bridgehead atoms. The number of nitrogens with one attached hydrogen (secondary N) is 1. The Morgan fingerprint density at radius 2 is 1.94 bits per heavy atom. The molecular weight excluding hydrogens is 414 g/mol. The molecule has 0 saturated carbocycles. The van der Waals surface area contributed by atoms with E-state index in [4.69, 9.17) is 4.42 Å². The lowest BCUT2D eigenvalue weighted by molar-refractivity contribution is 0.0935. The first-order valence-corrected chi connectivity index (χ1v) is 11.5. The normalized spacial score (nSPS) is 15.2. The van der Waals surface area contributed by atoms with Crippen LogP contribution in [0.5, 0.6) is 0 Å². The zero-order valence-electron chi connectivity index (χ0n) is 19.1. The number of aryl methyl sites for hydroxylation is 2. The van der Waals surface area contributed by atoms with E-state index in [1.807, 2.05) is 29.8 Å². The number of nitrogens with zero attached hydrogens (tertiary/aromatic N) is 4. The van der Waals surface area contributed by atoms with Gasteiger partial charge < -0.3 is 9.73 Å². The highest BCUT2D eigenvalue weighted by Crippen LogP contribution is 2.25. The van der Waals surface area contributed by atoms with Crippen LogP contribution in [-0.4, -0.2) is 45.2 Å². The number of amides is 1. The van der Waals surface area contributed by atoms with Crippen LogP contribution in [0.1, 0.15) is 51.8 Å². The largest absolute Gasteiger partial charge is 0.468 e. The number of hydrogen-bond acceptors (Lipinski definition) is 5. The molecule has 5 rings (SSSR count). The van der Waals surface area contributed by atoms with Crippen molar-refractivity contribution in [2.45, 2.75) is 39.3 Å². The molecule has 0 unspecified atom stereocenters. The number of carbonyl (C=O) groups is 1. The van der Waals surface area contributed by atoms with Crippen LogP contribution >= 0.6 is 0 Å². The molecule has 0 spiro atoms. The van der Waals surface area contributed by atoms with E-state index < -0.39 is 0 Å². The number of fused-ring (bicyclic) bond motifs is 1. The number of likely N-dealkylation sites (tertiary alicyclic amines) is 1. The highest BCUT2D eigenvalue weighted by atomic mass is 16.3. The van der Waals surface area contributed by atoms with Crippen molar-refractivity contribution in [3.8, 4) is 0 Å². The van der Waals surface area contributed by atoms with Crippen molar-refractivity contribution in [3.05, 3.63) is 83.1 Å². The topological polar surface area (TPSA) is 76.2 Å². The van der Waals surface area contributed by atoms with Crippen LogP contribution in [0.25, 0.3) is 11.0 Å². The van der Waals surface area contributed by atoms with E-state index in [1.165, 1.54) is 18.4 Å². The van der Waals surface area contributed by atoms with Crippen LogP contribution in [0, 0.1) is 13.8 Å². The van der Waals surface area contributed by atoms with Crippen molar-refractivity contribution in [2.75, 3.05) is 19.6 Å². The van der Waals surface area contributed by atoms with Crippen molar-refractivity contribution in [1.82, 2.24) is 25.0 Å². The summed E-state index contributed by atoms with van der Waals surface area (Å²) in [5.41, 5.74) is 4.49. The van der Waals surface area contributed by atoms with E-state index in [1.54, 1.807) is 12.5 Å². The summed E-state index contributed by atoms with van der Waals surface area (Å²) < 4.78 is 7.55. The second-order valence-corrected chi connectivity index (χ2v) is 8.82. The average molecular weight is 444 g/mol. The predicted octanol–water partition coefficient (Wildman–Crippen LogP) is 4.26. The molecular formula is C26H29N5O2. The van der Waals surface area contributed by atoms with Gasteiger partial charge in [0.1, 0.15) is 5.76 Å². The fourth-order valence-electron chi connectivity index (χ4n) is 4.57. The van der Waals surface area contributed by atoms with Gasteiger partial charge in [0.2, 0.25) is 0 Å². The minimum absolute atomic E-state index is 0.0362. The summed E-state index contributed by atoms with van der Waals surface area (Å²) in [6.07, 6.45) is 5.79. The molecule has 1 aliphatic rings. The second kappa shape index (κ2) is 9.19. The van der Waals surface area contributed by atoms with Gasteiger partial charge in [0.05, 0.1) is 36.0 Å². The highest BCUT2D eigenvalue weighted by molar-refractivity contribution is 6.05. The number of furan rings is 1. The summed E-state index contributed by atoms with van der Waals surface area (Å²) in [4.78, 5) is 20.3. The Morgan fingerprint density at radius 3 is 2.67 bits per heavy atom. The molecule has 1 atom stereocenters. The first-order chi connectivity index (χ1) is 16.1. The summed E-state index contributed by atoms with van der Waals surface area (Å²) in [5.74, 6) is 0.773. The van der Waals surface area contributed by atoms with Crippen LogP contribution < -0.4 is 5.32 Å². The molecule has 1 aliphatic heterocycles. The van der Waals surface area contributed by atoms with Crippen molar-refractivity contribution in [2.24, 2.45) is 0 Å². The van der Waals surface area contributed by atoms with Gasteiger partial charge in [-0.25, -0.2) is 9.67 Å². The molecule has 1 saturated heterocycles. The van der Waals surface area contributed by atoms with Gasteiger partial charge in [-0.15, -0.1) is 0 Å². The summed E-state index contributed by atoms with van der Waals surface area (Å²) in [6.45, 7) is 7.12. The second-order valence-electron chi connectivity index (χ2n) is 8.82. The zero-order valence-corrected chi connectivity index (χ0v) is 19.1. The Morgan fingerprint density at radius 1 is 1.15 bits per heavy atom. The number of rotatable bonds is 7. The third-order valence-electron chi connectivity index (χ3n) is 6.34. The van der Waals surface area contributed by atoms with Gasteiger partial charge in [0.15, 0.2) is 5.65 Å². The lowest BCUT2D eigenvalue weighted by atomic mass is 10.1. The van der Waals surface area contributed by atoms with Crippen LogP contribution in [0.15, 0.2) is 59.3 Å². The molecule has 0 radical (unpaired) electrons. The number of benzene rings is 1. The smallest absolute Gasteiger partial charge is 0.252 e. The van der Waals surface area contributed by atoms with E-state index in [0.29, 0.717) is 18.7 Å². The van der Waals surface area contributed by atoms with Gasteiger partial charge in [0.25, 0.3) is 5.91 Å². The standard InChI is InChI=1S/C26H29N5O2/c1-18-7-9-20(10-8-18)17-31-25-22(15-28-31)21(14-19(2)29-25)26(32)27-16-23(24-6-5-13-33-24)30-11-3-4-12-30/h5-10,13-15,23H,3-4,11-12,16-17H2,1-2H3,(H,27,32)/t23-/m0/s1. The molecule has 1 aromatic carbocycles. The molecule has 0 aliphatic carbocycles. The van der Waals surface area contributed by atoms with E-state index in [2.05, 4.69) is 51.5 Å². The molecule has 1 amide bonds. The lowest BCUT2D eigenvalue weighted by Crippen LogP contribution is -2.36. The molecule has 7 nitrogen and oxygen atoms in total. The maximum atomic E-state index is 13.3. The number of aromatic nitrogens is 3. The molecule has 170 valence electrons. The summed E-state index contributed by atoms with van der Waals surface area (Å²) in [6, 6.07) is 14.1. The quantitative estimate of drug-likeness (QED) is 0.462. The van der Waals surface area contributed by atoms with Gasteiger partial charge in [-0.3, -0.25) is 9.69 Å². The SMILES string of the molecule is Cc1ccc(Cn2ncc3c(C(=O)NC[C@@H](c4ccco4)N4CCCC4)cc(C)nc32)cc1. The van der Waals surface area contributed by atoms with Crippen LogP contribution in [0.2, 0.25) is 0 Å². The zero-order chi connectivity index (χ0) is 22.8. The molecule has 4 heterocycles. The maximum absolute atomic E-state index is 13.3. The van der Waals surface area contributed by atoms with Gasteiger partial charge >= 0.3 is 0 Å². The Bertz CT molecular complexity index is 1240. The fraction of sp³-hybridized carbons (Fsp3) is 0.346. The Balaban J connectivity index is 1.38.